The molecule has 1 aliphatic rings. The second-order valence-corrected chi connectivity index (χ2v) is 7.41. The van der Waals surface area contributed by atoms with Gasteiger partial charge in [-0.3, -0.25) is 4.79 Å². The molecule has 0 aliphatic heterocycles. The van der Waals surface area contributed by atoms with E-state index in [-0.39, 0.29) is 5.91 Å². The van der Waals surface area contributed by atoms with Crippen molar-refractivity contribution in [3.8, 4) is 0 Å². The van der Waals surface area contributed by atoms with E-state index in [1.807, 2.05) is 0 Å². The van der Waals surface area contributed by atoms with E-state index in [2.05, 4.69) is 23.3 Å². The molecule has 0 aromatic rings. The van der Waals surface area contributed by atoms with Crippen LogP contribution in [0, 0.1) is 0 Å². The van der Waals surface area contributed by atoms with Crippen LogP contribution in [0.25, 0.3) is 0 Å². The van der Waals surface area contributed by atoms with Crippen molar-refractivity contribution in [1.29, 1.82) is 0 Å². The monoisotopic (exact) mass is 344 g/mol. The summed E-state index contributed by atoms with van der Waals surface area (Å²) in [6, 6.07) is 0.744. The minimum Gasteiger partial charge on any atom is -0.380 e. The number of hydrogen-bond acceptors (Lipinski definition) is 4. The number of rotatable bonds is 13. The lowest BCUT2D eigenvalue weighted by Crippen LogP contribution is -2.34. The predicted molar refractivity (Wildman–Crippen MR) is 100 cm³/mol. The maximum absolute atomic E-state index is 10.7. The first-order valence-corrected chi connectivity index (χ1v) is 9.93. The van der Waals surface area contributed by atoms with Crippen molar-refractivity contribution >= 4 is 18.5 Å². The SMILES string of the molecule is CC(=O)NCCOCCCCCCCCNC1CCC(S)CC1. The van der Waals surface area contributed by atoms with Crippen molar-refractivity contribution in [2.24, 2.45) is 0 Å². The molecule has 1 saturated carbocycles. The first-order valence-electron chi connectivity index (χ1n) is 9.42. The van der Waals surface area contributed by atoms with E-state index in [0.29, 0.717) is 18.4 Å². The summed E-state index contributed by atoms with van der Waals surface area (Å²) in [4.78, 5) is 10.7. The molecule has 0 bridgehead atoms. The summed E-state index contributed by atoms with van der Waals surface area (Å²) in [6.07, 6.45) is 12.8. The van der Waals surface area contributed by atoms with Crippen LogP contribution in [-0.4, -0.2) is 43.5 Å². The van der Waals surface area contributed by atoms with E-state index in [4.69, 9.17) is 4.74 Å². The number of thiol groups is 1. The van der Waals surface area contributed by atoms with E-state index >= 15 is 0 Å². The molecule has 1 fully saturated rings. The number of amides is 1. The molecule has 0 heterocycles. The van der Waals surface area contributed by atoms with Crippen molar-refractivity contribution < 1.29 is 9.53 Å². The fourth-order valence-electron chi connectivity index (χ4n) is 3.02. The number of carbonyl (C=O) groups is 1. The Balaban J connectivity index is 1.72. The molecule has 4 nitrogen and oxygen atoms in total. The van der Waals surface area contributed by atoms with Gasteiger partial charge < -0.3 is 15.4 Å². The van der Waals surface area contributed by atoms with Crippen molar-refractivity contribution in [2.45, 2.75) is 82.4 Å². The maximum atomic E-state index is 10.7. The molecule has 1 rings (SSSR count). The summed E-state index contributed by atoms with van der Waals surface area (Å²) in [5.41, 5.74) is 0. The summed E-state index contributed by atoms with van der Waals surface area (Å²) in [6.45, 7) is 4.77. The van der Waals surface area contributed by atoms with Gasteiger partial charge >= 0.3 is 0 Å². The number of hydrogen-bond donors (Lipinski definition) is 3. The number of unbranched alkanes of at least 4 members (excludes halogenated alkanes) is 5. The molecular formula is C18H36N2O2S. The van der Waals surface area contributed by atoms with Crippen molar-refractivity contribution in [1.82, 2.24) is 10.6 Å². The number of nitrogens with one attached hydrogen (secondary N) is 2. The van der Waals surface area contributed by atoms with Gasteiger partial charge in [-0.05, 0) is 45.1 Å². The highest BCUT2D eigenvalue weighted by molar-refractivity contribution is 7.80. The largest absolute Gasteiger partial charge is 0.380 e. The van der Waals surface area contributed by atoms with Gasteiger partial charge in [0.1, 0.15) is 0 Å². The Kier molecular flexibility index (Phi) is 12.8. The van der Waals surface area contributed by atoms with Gasteiger partial charge in [0.2, 0.25) is 5.91 Å². The highest BCUT2D eigenvalue weighted by Crippen LogP contribution is 2.22. The molecule has 0 atom stereocenters. The summed E-state index contributed by atoms with van der Waals surface area (Å²) in [5.74, 6) is 0.0116. The molecule has 2 N–H and O–H groups in total. The van der Waals surface area contributed by atoms with Crippen LogP contribution < -0.4 is 10.6 Å². The van der Waals surface area contributed by atoms with Crippen LogP contribution in [0.4, 0.5) is 0 Å². The van der Waals surface area contributed by atoms with Crippen molar-refractivity contribution in [2.75, 3.05) is 26.3 Å². The molecule has 0 aromatic heterocycles. The summed E-state index contributed by atoms with van der Waals surface area (Å²) < 4.78 is 5.47. The summed E-state index contributed by atoms with van der Waals surface area (Å²) >= 11 is 4.55. The Morgan fingerprint density at radius 3 is 2.30 bits per heavy atom. The maximum Gasteiger partial charge on any atom is 0.216 e. The third kappa shape index (κ3) is 12.8. The van der Waals surface area contributed by atoms with Crippen LogP contribution in [0.3, 0.4) is 0 Å². The minimum absolute atomic E-state index is 0.0116. The van der Waals surface area contributed by atoms with E-state index in [9.17, 15) is 4.79 Å². The van der Waals surface area contributed by atoms with E-state index in [0.717, 1.165) is 19.1 Å². The molecular weight excluding hydrogens is 308 g/mol. The predicted octanol–water partition coefficient (Wildman–Crippen LogP) is 3.31. The lowest BCUT2D eigenvalue weighted by Gasteiger charge is -2.26. The van der Waals surface area contributed by atoms with Gasteiger partial charge in [0.15, 0.2) is 0 Å². The van der Waals surface area contributed by atoms with Gasteiger partial charge in [0, 0.05) is 31.4 Å². The van der Waals surface area contributed by atoms with E-state index in [1.54, 1.807) is 0 Å². The number of carbonyl (C=O) groups excluding carboxylic acids is 1. The van der Waals surface area contributed by atoms with Crippen LogP contribution in [0.2, 0.25) is 0 Å². The Morgan fingerprint density at radius 1 is 0.957 bits per heavy atom. The van der Waals surface area contributed by atoms with Gasteiger partial charge in [0.05, 0.1) is 6.61 Å². The molecule has 0 radical (unpaired) electrons. The quantitative estimate of drug-likeness (QED) is 0.355. The fraction of sp³-hybridized carbons (Fsp3) is 0.944. The average molecular weight is 345 g/mol. The van der Waals surface area contributed by atoms with Crippen LogP contribution in [0.5, 0.6) is 0 Å². The molecule has 23 heavy (non-hydrogen) atoms. The van der Waals surface area contributed by atoms with Gasteiger partial charge in [-0.15, -0.1) is 0 Å². The number of ether oxygens (including phenoxy) is 1. The third-order valence-corrected chi connectivity index (χ3v) is 4.98. The molecule has 5 heteroatoms. The van der Waals surface area contributed by atoms with Crippen molar-refractivity contribution in [3.63, 3.8) is 0 Å². The second kappa shape index (κ2) is 14.1. The van der Waals surface area contributed by atoms with Crippen LogP contribution in [-0.2, 0) is 9.53 Å². The van der Waals surface area contributed by atoms with Crippen molar-refractivity contribution in [3.05, 3.63) is 0 Å². The molecule has 0 unspecified atom stereocenters. The molecule has 0 aromatic carbocycles. The fourth-order valence-corrected chi connectivity index (χ4v) is 3.32. The van der Waals surface area contributed by atoms with E-state index < -0.39 is 0 Å². The Bertz CT molecular complexity index is 295. The first kappa shape index (κ1) is 20.8. The third-order valence-electron chi connectivity index (χ3n) is 4.47. The first-order chi connectivity index (χ1) is 11.2. The smallest absolute Gasteiger partial charge is 0.216 e. The lowest BCUT2D eigenvalue weighted by atomic mass is 9.95. The van der Waals surface area contributed by atoms with Gasteiger partial charge in [-0.2, -0.15) is 12.6 Å². The van der Waals surface area contributed by atoms with Crippen LogP contribution in [0.15, 0.2) is 0 Å². The van der Waals surface area contributed by atoms with Crippen LogP contribution in [0.1, 0.15) is 71.1 Å². The Labute approximate surface area is 147 Å². The highest BCUT2D eigenvalue weighted by atomic mass is 32.1. The topological polar surface area (TPSA) is 50.4 Å². The zero-order valence-electron chi connectivity index (χ0n) is 14.8. The van der Waals surface area contributed by atoms with E-state index in [1.165, 1.54) is 71.3 Å². The van der Waals surface area contributed by atoms with Gasteiger partial charge in [-0.1, -0.05) is 25.7 Å². The summed E-state index contributed by atoms with van der Waals surface area (Å²) in [5, 5.41) is 7.07. The van der Waals surface area contributed by atoms with Gasteiger partial charge in [-0.25, -0.2) is 0 Å². The summed E-state index contributed by atoms with van der Waals surface area (Å²) in [7, 11) is 0. The molecule has 0 saturated heterocycles. The Hall–Kier alpha value is -0.260. The molecule has 1 amide bonds. The zero-order valence-corrected chi connectivity index (χ0v) is 15.7. The second-order valence-electron chi connectivity index (χ2n) is 6.68. The lowest BCUT2D eigenvalue weighted by molar-refractivity contribution is -0.119. The normalized spacial score (nSPS) is 21.3. The highest BCUT2D eigenvalue weighted by Gasteiger charge is 2.17. The Morgan fingerprint density at radius 2 is 1.61 bits per heavy atom. The van der Waals surface area contributed by atoms with Crippen LogP contribution >= 0.6 is 12.6 Å². The van der Waals surface area contributed by atoms with Gasteiger partial charge in [0.25, 0.3) is 0 Å². The molecule has 1 aliphatic carbocycles. The molecule has 0 spiro atoms. The average Bonchev–Trinajstić information content (AvgIpc) is 2.53. The minimum atomic E-state index is 0.0116. The zero-order chi connectivity index (χ0) is 16.8. The standard InChI is InChI=1S/C18H36N2O2S/c1-16(21)19-13-15-22-14-7-5-3-2-4-6-12-20-17-8-10-18(23)11-9-17/h17-18,20,23H,2-15H2,1H3,(H,19,21). The molecule has 136 valence electrons.